The maximum Gasteiger partial charge on any atom is 0.0728 e. The largest absolute Gasteiger partial charge is 0.377 e. The topological polar surface area (TPSA) is 15.7 Å². The molecule has 0 bridgehead atoms. The lowest BCUT2D eigenvalue weighted by molar-refractivity contribution is 0.0245. The molecule has 0 aromatic carbocycles. The molecule has 3 fully saturated rings. The van der Waals surface area contributed by atoms with E-state index in [1.807, 2.05) is 0 Å². The summed E-state index contributed by atoms with van der Waals surface area (Å²) in [5.41, 5.74) is 0. The monoisotopic (exact) mass is 252 g/mol. The van der Waals surface area contributed by atoms with Gasteiger partial charge in [-0.25, -0.2) is 0 Å². The van der Waals surface area contributed by atoms with Crippen molar-refractivity contribution in [2.75, 3.05) is 32.8 Å². The molecule has 3 rings (SSSR count). The smallest absolute Gasteiger partial charge is 0.0728 e. The van der Waals surface area contributed by atoms with Crippen LogP contribution in [0.1, 0.15) is 45.4 Å². The lowest BCUT2D eigenvalue weighted by Crippen LogP contribution is -2.48. The Balaban J connectivity index is 1.61. The zero-order valence-electron chi connectivity index (χ0n) is 11.8. The van der Waals surface area contributed by atoms with Gasteiger partial charge < -0.3 is 4.74 Å². The quantitative estimate of drug-likeness (QED) is 0.748. The maximum absolute atomic E-state index is 5.89. The minimum absolute atomic E-state index is 0.500. The highest BCUT2D eigenvalue weighted by Gasteiger charge is 2.32. The third kappa shape index (κ3) is 2.73. The Morgan fingerprint density at radius 2 is 1.89 bits per heavy atom. The van der Waals surface area contributed by atoms with E-state index in [-0.39, 0.29) is 0 Å². The number of ether oxygens (including phenoxy) is 1. The molecule has 3 aliphatic heterocycles. The second-order valence-corrected chi connectivity index (χ2v) is 6.33. The molecule has 0 aromatic rings. The van der Waals surface area contributed by atoms with Gasteiger partial charge in [-0.05, 0) is 58.7 Å². The van der Waals surface area contributed by atoms with Crippen molar-refractivity contribution in [3.05, 3.63) is 0 Å². The van der Waals surface area contributed by atoms with Gasteiger partial charge in [0.05, 0.1) is 6.10 Å². The number of nitrogens with zero attached hydrogens (tertiary/aromatic N) is 2. The Morgan fingerprint density at radius 3 is 2.72 bits per heavy atom. The standard InChI is InChI=1S/C15H28N2O/c1-13(15-7-4-11-18-15)17-10-5-9-16-8-3-2-6-14(16)12-17/h13-15H,2-12H2,1H3. The van der Waals surface area contributed by atoms with Crippen molar-refractivity contribution in [1.82, 2.24) is 9.80 Å². The lowest BCUT2D eigenvalue weighted by atomic mass is 10.0. The summed E-state index contributed by atoms with van der Waals surface area (Å²) in [7, 11) is 0. The first-order valence-corrected chi connectivity index (χ1v) is 7.94. The Hall–Kier alpha value is -0.120. The van der Waals surface area contributed by atoms with Crippen molar-refractivity contribution in [2.45, 2.75) is 63.6 Å². The summed E-state index contributed by atoms with van der Waals surface area (Å²) in [5, 5.41) is 0. The van der Waals surface area contributed by atoms with Crippen molar-refractivity contribution in [1.29, 1.82) is 0 Å². The van der Waals surface area contributed by atoms with E-state index in [0.717, 1.165) is 12.6 Å². The van der Waals surface area contributed by atoms with Crippen LogP contribution in [-0.2, 0) is 4.74 Å². The summed E-state index contributed by atoms with van der Waals surface area (Å²) in [4.78, 5) is 5.46. The molecular formula is C15H28N2O. The van der Waals surface area contributed by atoms with E-state index < -0.39 is 0 Å². The predicted molar refractivity (Wildman–Crippen MR) is 73.8 cm³/mol. The highest BCUT2D eigenvalue weighted by molar-refractivity contribution is 4.88. The van der Waals surface area contributed by atoms with Crippen LogP contribution < -0.4 is 0 Å². The molecule has 0 aromatic heterocycles. The Bertz CT molecular complexity index is 265. The lowest BCUT2D eigenvalue weighted by Gasteiger charge is -2.38. The summed E-state index contributed by atoms with van der Waals surface area (Å²) in [5.74, 6) is 0. The third-order valence-corrected chi connectivity index (χ3v) is 5.16. The minimum Gasteiger partial charge on any atom is -0.377 e. The van der Waals surface area contributed by atoms with Gasteiger partial charge in [0.1, 0.15) is 0 Å². The number of hydrogen-bond donors (Lipinski definition) is 0. The Labute approximate surface area is 111 Å². The predicted octanol–water partition coefficient (Wildman–Crippen LogP) is 2.11. The SMILES string of the molecule is CC(C1CCCO1)N1CCCN2CCCCC2C1. The second-order valence-electron chi connectivity index (χ2n) is 6.33. The van der Waals surface area contributed by atoms with Gasteiger partial charge in [-0.3, -0.25) is 9.80 Å². The summed E-state index contributed by atoms with van der Waals surface area (Å²) in [6.07, 6.45) is 8.63. The van der Waals surface area contributed by atoms with Crippen LogP contribution in [0.3, 0.4) is 0 Å². The van der Waals surface area contributed by atoms with Crippen LogP contribution in [-0.4, -0.2) is 60.8 Å². The molecule has 3 unspecified atom stereocenters. The third-order valence-electron chi connectivity index (χ3n) is 5.16. The molecule has 18 heavy (non-hydrogen) atoms. The summed E-state index contributed by atoms with van der Waals surface area (Å²) in [6.45, 7) is 8.58. The number of fused-ring (bicyclic) bond motifs is 1. The number of rotatable bonds is 2. The van der Waals surface area contributed by atoms with Gasteiger partial charge in [0.15, 0.2) is 0 Å². The van der Waals surface area contributed by atoms with Gasteiger partial charge in [0, 0.05) is 25.2 Å². The molecule has 0 saturated carbocycles. The minimum atomic E-state index is 0.500. The van der Waals surface area contributed by atoms with Crippen LogP contribution >= 0.6 is 0 Å². The van der Waals surface area contributed by atoms with Crippen LogP contribution in [0.2, 0.25) is 0 Å². The van der Waals surface area contributed by atoms with Gasteiger partial charge >= 0.3 is 0 Å². The molecule has 0 radical (unpaired) electrons. The Morgan fingerprint density at radius 1 is 1.00 bits per heavy atom. The normalized spacial score (nSPS) is 37.2. The van der Waals surface area contributed by atoms with Crippen molar-refractivity contribution in [2.24, 2.45) is 0 Å². The van der Waals surface area contributed by atoms with Crippen LogP contribution in [0, 0.1) is 0 Å². The first kappa shape index (κ1) is 12.9. The zero-order valence-corrected chi connectivity index (χ0v) is 11.8. The fourth-order valence-electron chi connectivity index (χ4n) is 3.99. The molecule has 3 heterocycles. The van der Waals surface area contributed by atoms with E-state index in [9.17, 15) is 0 Å². The van der Waals surface area contributed by atoms with Crippen LogP contribution in [0.25, 0.3) is 0 Å². The van der Waals surface area contributed by atoms with Gasteiger partial charge in [-0.15, -0.1) is 0 Å². The van der Waals surface area contributed by atoms with Crippen molar-refractivity contribution in [3.63, 3.8) is 0 Å². The first-order chi connectivity index (χ1) is 8.84. The van der Waals surface area contributed by atoms with Gasteiger partial charge in [0.25, 0.3) is 0 Å². The van der Waals surface area contributed by atoms with E-state index in [4.69, 9.17) is 4.74 Å². The highest BCUT2D eigenvalue weighted by atomic mass is 16.5. The molecule has 3 nitrogen and oxygen atoms in total. The van der Waals surface area contributed by atoms with E-state index in [1.54, 1.807) is 0 Å². The van der Waals surface area contributed by atoms with Crippen LogP contribution in [0.15, 0.2) is 0 Å². The highest BCUT2D eigenvalue weighted by Crippen LogP contribution is 2.25. The van der Waals surface area contributed by atoms with Crippen molar-refractivity contribution >= 4 is 0 Å². The van der Waals surface area contributed by atoms with Crippen LogP contribution in [0.4, 0.5) is 0 Å². The van der Waals surface area contributed by atoms with E-state index >= 15 is 0 Å². The maximum atomic E-state index is 5.89. The Kier molecular flexibility index (Phi) is 4.22. The first-order valence-electron chi connectivity index (χ1n) is 7.94. The molecular weight excluding hydrogens is 224 g/mol. The molecule has 0 spiro atoms. The molecule has 3 aliphatic rings. The summed E-state index contributed by atoms with van der Waals surface area (Å²) in [6, 6.07) is 1.44. The second kappa shape index (κ2) is 5.89. The molecule has 0 aliphatic carbocycles. The number of hydrogen-bond acceptors (Lipinski definition) is 3. The van der Waals surface area contributed by atoms with Crippen molar-refractivity contribution in [3.8, 4) is 0 Å². The molecule has 104 valence electrons. The summed E-state index contributed by atoms with van der Waals surface area (Å²) < 4.78 is 5.89. The average molecular weight is 252 g/mol. The van der Waals surface area contributed by atoms with Crippen LogP contribution in [0.5, 0.6) is 0 Å². The van der Waals surface area contributed by atoms with E-state index in [0.29, 0.717) is 12.1 Å². The van der Waals surface area contributed by atoms with Crippen molar-refractivity contribution < 1.29 is 4.74 Å². The molecule has 0 N–H and O–H groups in total. The van der Waals surface area contributed by atoms with Gasteiger partial charge in [-0.1, -0.05) is 6.42 Å². The molecule has 3 atom stereocenters. The van der Waals surface area contributed by atoms with E-state index in [2.05, 4.69) is 16.7 Å². The fraction of sp³-hybridized carbons (Fsp3) is 1.00. The van der Waals surface area contributed by atoms with Gasteiger partial charge in [0.2, 0.25) is 0 Å². The van der Waals surface area contributed by atoms with E-state index in [1.165, 1.54) is 64.7 Å². The number of piperidine rings is 1. The summed E-state index contributed by atoms with van der Waals surface area (Å²) >= 11 is 0. The zero-order chi connectivity index (χ0) is 12.4. The fourth-order valence-corrected chi connectivity index (χ4v) is 3.99. The van der Waals surface area contributed by atoms with Gasteiger partial charge in [-0.2, -0.15) is 0 Å². The average Bonchev–Trinajstić information content (AvgIpc) is 2.84. The molecule has 0 amide bonds. The molecule has 3 heteroatoms. The molecule has 3 saturated heterocycles.